The van der Waals surface area contributed by atoms with Gasteiger partial charge in [0.25, 0.3) is 0 Å². The molecular weight excluding hydrogens is 324 g/mol. The van der Waals surface area contributed by atoms with E-state index in [1.165, 1.54) is 30.4 Å². The smallest absolute Gasteiger partial charge is 0.225 e. The summed E-state index contributed by atoms with van der Waals surface area (Å²) >= 11 is 0. The Bertz CT molecular complexity index is 618. The van der Waals surface area contributed by atoms with Gasteiger partial charge in [0, 0.05) is 25.6 Å². The molecule has 1 aromatic rings. The van der Waals surface area contributed by atoms with Crippen molar-refractivity contribution in [2.24, 2.45) is 5.92 Å². The highest BCUT2D eigenvalue weighted by atomic mass is 16.2. The number of hydrogen-bond donors (Lipinski definition) is 1. The Balaban J connectivity index is 1.44. The van der Waals surface area contributed by atoms with Gasteiger partial charge in [-0.2, -0.15) is 0 Å². The van der Waals surface area contributed by atoms with Crippen molar-refractivity contribution in [1.29, 1.82) is 0 Å². The molecule has 1 N–H and O–H groups in total. The highest BCUT2D eigenvalue weighted by molar-refractivity contribution is 5.89. The molecule has 1 heterocycles. The lowest BCUT2D eigenvalue weighted by molar-refractivity contribution is -0.130. The molecule has 1 aliphatic heterocycles. The van der Waals surface area contributed by atoms with E-state index < -0.39 is 0 Å². The molecule has 1 saturated carbocycles. The van der Waals surface area contributed by atoms with E-state index in [9.17, 15) is 9.59 Å². The topological polar surface area (TPSA) is 49.4 Å². The van der Waals surface area contributed by atoms with Gasteiger partial charge in [-0.3, -0.25) is 9.59 Å². The van der Waals surface area contributed by atoms with Gasteiger partial charge < -0.3 is 10.2 Å². The minimum atomic E-state index is -0.173. The molecule has 3 rings (SSSR count). The van der Waals surface area contributed by atoms with Crippen molar-refractivity contribution in [2.75, 3.05) is 13.1 Å². The zero-order chi connectivity index (χ0) is 18.5. The molecule has 4 nitrogen and oxygen atoms in total. The van der Waals surface area contributed by atoms with Crippen LogP contribution in [-0.4, -0.2) is 35.8 Å². The first-order valence-corrected chi connectivity index (χ1v) is 10.2. The van der Waals surface area contributed by atoms with Crippen LogP contribution in [0.1, 0.15) is 69.4 Å². The number of benzene rings is 1. The summed E-state index contributed by atoms with van der Waals surface area (Å²) in [7, 11) is 0. The van der Waals surface area contributed by atoms with E-state index in [4.69, 9.17) is 0 Å². The number of nitrogens with one attached hydrogen (secondary N) is 1. The number of nitrogens with zero attached hydrogens (tertiary/aromatic N) is 1. The zero-order valence-corrected chi connectivity index (χ0v) is 16.2. The molecule has 1 saturated heterocycles. The Morgan fingerprint density at radius 2 is 1.85 bits per heavy atom. The average Bonchev–Trinajstić information content (AvgIpc) is 3.04. The number of carbonyl (C=O) groups is 2. The lowest BCUT2D eigenvalue weighted by Crippen LogP contribution is -2.39. The summed E-state index contributed by atoms with van der Waals surface area (Å²) < 4.78 is 0. The second kappa shape index (κ2) is 8.70. The fourth-order valence-corrected chi connectivity index (χ4v) is 4.20. The van der Waals surface area contributed by atoms with Gasteiger partial charge in [-0.1, -0.05) is 57.4 Å². The first-order valence-electron chi connectivity index (χ1n) is 10.2. The van der Waals surface area contributed by atoms with Gasteiger partial charge in [-0.05, 0) is 36.3 Å². The Morgan fingerprint density at radius 1 is 1.15 bits per heavy atom. The van der Waals surface area contributed by atoms with Crippen molar-refractivity contribution in [3.63, 3.8) is 0 Å². The van der Waals surface area contributed by atoms with Crippen LogP contribution in [-0.2, 0) is 16.0 Å². The highest BCUT2D eigenvalue weighted by Gasteiger charge is 2.37. The van der Waals surface area contributed by atoms with Crippen molar-refractivity contribution < 1.29 is 9.59 Å². The summed E-state index contributed by atoms with van der Waals surface area (Å²) in [6.45, 7) is 5.62. The summed E-state index contributed by atoms with van der Waals surface area (Å²) in [4.78, 5) is 26.8. The van der Waals surface area contributed by atoms with Gasteiger partial charge in [0.05, 0.1) is 5.92 Å². The molecule has 2 amide bonds. The lowest BCUT2D eigenvalue weighted by Gasteiger charge is -2.31. The van der Waals surface area contributed by atoms with Crippen LogP contribution >= 0.6 is 0 Å². The van der Waals surface area contributed by atoms with Gasteiger partial charge >= 0.3 is 0 Å². The summed E-state index contributed by atoms with van der Waals surface area (Å²) in [6, 6.07) is 8.99. The monoisotopic (exact) mass is 356 g/mol. The summed E-state index contributed by atoms with van der Waals surface area (Å²) in [6.07, 6.45) is 7.11. The molecule has 0 bridgehead atoms. The summed E-state index contributed by atoms with van der Waals surface area (Å²) in [5.41, 5.74) is 2.58. The largest absolute Gasteiger partial charge is 0.355 e. The molecule has 26 heavy (non-hydrogen) atoms. The van der Waals surface area contributed by atoms with Crippen LogP contribution < -0.4 is 5.32 Å². The van der Waals surface area contributed by atoms with Crippen LogP contribution in [0.25, 0.3) is 0 Å². The van der Waals surface area contributed by atoms with Crippen LogP contribution in [0.15, 0.2) is 24.3 Å². The second-order valence-electron chi connectivity index (χ2n) is 8.18. The Kier molecular flexibility index (Phi) is 6.33. The third-order valence-electron chi connectivity index (χ3n) is 5.90. The summed E-state index contributed by atoms with van der Waals surface area (Å²) in [5.74, 6) is 0.570. The molecule has 0 spiro atoms. The molecule has 4 heteroatoms. The van der Waals surface area contributed by atoms with Gasteiger partial charge in [0.2, 0.25) is 11.8 Å². The van der Waals surface area contributed by atoms with Gasteiger partial charge in [-0.25, -0.2) is 0 Å². The van der Waals surface area contributed by atoms with Gasteiger partial charge in [-0.15, -0.1) is 0 Å². The van der Waals surface area contributed by atoms with E-state index in [-0.39, 0.29) is 17.7 Å². The molecule has 1 atom stereocenters. The molecule has 2 aliphatic rings. The van der Waals surface area contributed by atoms with Gasteiger partial charge in [0.1, 0.15) is 0 Å². The molecule has 2 fully saturated rings. The van der Waals surface area contributed by atoms with Crippen LogP contribution in [0.4, 0.5) is 0 Å². The molecule has 1 unspecified atom stereocenters. The van der Waals surface area contributed by atoms with Crippen LogP contribution in [0.5, 0.6) is 0 Å². The van der Waals surface area contributed by atoms with E-state index in [0.29, 0.717) is 31.5 Å². The van der Waals surface area contributed by atoms with Crippen LogP contribution in [0, 0.1) is 5.92 Å². The second-order valence-corrected chi connectivity index (χ2v) is 8.18. The maximum atomic E-state index is 12.5. The maximum Gasteiger partial charge on any atom is 0.225 e. The predicted molar refractivity (Wildman–Crippen MR) is 104 cm³/mol. The average molecular weight is 357 g/mol. The van der Waals surface area contributed by atoms with E-state index in [2.05, 4.69) is 43.4 Å². The maximum absolute atomic E-state index is 12.5. The predicted octanol–water partition coefficient (Wildman–Crippen LogP) is 3.65. The number of likely N-dealkylation sites (tertiary alicyclic amines) is 1. The van der Waals surface area contributed by atoms with Crippen molar-refractivity contribution >= 4 is 11.8 Å². The molecule has 1 aromatic carbocycles. The van der Waals surface area contributed by atoms with E-state index >= 15 is 0 Å². The van der Waals surface area contributed by atoms with Crippen molar-refractivity contribution in [3.05, 3.63) is 35.4 Å². The molecule has 0 aromatic heterocycles. The molecule has 1 aliphatic carbocycles. The summed E-state index contributed by atoms with van der Waals surface area (Å²) in [5, 5.41) is 3.04. The number of rotatable bonds is 6. The number of hydrogen-bond acceptors (Lipinski definition) is 2. The third-order valence-corrected chi connectivity index (χ3v) is 5.90. The van der Waals surface area contributed by atoms with Crippen LogP contribution in [0.2, 0.25) is 0 Å². The third kappa shape index (κ3) is 4.66. The molecule has 142 valence electrons. The minimum absolute atomic E-state index is 0.0375. The normalized spacial score (nSPS) is 21.4. The van der Waals surface area contributed by atoms with Crippen molar-refractivity contribution in [3.8, 4) is 0 Å². The Labute approximate surface area is 157 Å². The first kappa shape index (κ1) is 18.9. The fourth-order valence-electron chi connectivity index (χ4n) is 4.20. The molecule has 0 radical (unpaired) electrons. The van der Waals surface area contributed by atoms with Gasteiger partial charge in [0.15, 0.2) is 0 Å². The van der Waals surface area contributed by atoms with Crippen molar-refractivity contribution in [2.45, 2.75) is 70.8 Å². The van der Waals surface area contributed by atoms with E-state index in [0.717, 1.165) is 19.3 Å². The fraction of sp³-hybridized carbons (Fsp3) is 0.636. The Morgan fingerprint density at radius 3 is 2.50 bits per heavy atom. The Hall–Kier alpha value is -1.84. The number of carbonyl (C=O) groups excluding carboxylic acids is 2. The first-order chi connectivity index (χ1) is 12.5. The quantitative estimate of drug-likeness (QED) is 0.846. The van der Waals surface area contributed by atoms with Crippen molar-refractivity contribution in [1.82, 2.24) is 10.2 Å². The molecular formula is C22H32N2O2. The number of amides is 2. The minimum Gasteiger partial charge on any atom is -0.355 e. The highest BCUT2D eigenvalue weighted by Crippen LogP contribution is 2.28. The van der Waals surface area contributed by atoms with E-state index in [1.54, 1.807) is 0 Å². The zero-order valence-electron chi connectivity index (χ0n) is 16.2. The lowest BCUT2D eigenvalue weighted by atomic mass is 9.94. The van der Waals surface area contributed by atoms with Crippen LogP contribution in [0.3, 0.4) is 0 Å². The van der Waals surface area contributed by atoms with E-state index in [1.807, 2.05) is 4.90 Å². The SMILES string of the molecule is CC(C)c1ccc(CCNC(=O)C2CC(=O)N(C3CCCCC3)C2)cc1. The standard InChI is InChI=1S/C22H32N2O2/c1-16(2)18-10-8-17(9-11-18)12-13-23-22(26)19-14-21(25)24(15-19)20-6-4-3-5-7-20/h8-11,16,19-20H,3-7,12-15H2,1-2H3,(H,23,26).